The quantitative estimate of drug-likeness (QED) is 0.873. The topological polar surface area (TPSA) is 63.2 Å². The van der Waals surface area contributed by atoms with Gasteiger partial charge in [-0.05, 0) is 50.5 Å². The van der Waals surface area contributed by atoms with Crippen molar-refractivity contribution >= 4 is 26.5 Å². The molecule has 0 saturated heterocycles. The van der Waals surface area contributed by atoms with Gasteiger partial charge in [0, 0.05) is 6.04 Å². The van der Waals surface area contributed by atoms with E-state index < -0.39 is 26.2 Å². The Morgan fingerprint density at radius 1 is 1.00 bits per heavy atom. The van der Waals surface area contributed by atoms with E-state index in [0.717, 1.165) is 10.9 Å². The highest BCUT2D eigenvalue weighted by atomic mass is 32.2. The number of hydrogen-bond donors (Lipinski definition) is 1. The molecule has 0 spiro atoms. The summed E-state index contributed by atoms with van der Waals surface area (Å²) in [6.07, 6.45) is 0.658. The van der Waals surface area contributed by atoms with E-state index in [1.807, 2.05) is 25.1 Å². The van der Waals surface area contributed by atoms with Crippen molar-refractivity contribution < 1.29 is 13.2 Å². The molecule has 0 aromatic heterocycles. The molecule has 0 aliphatic heterocycles. The van der Waals surface area contributed by atoms with E-state index in [2.05, 4.69) is 29.6 Å². The smallest absolute Gasteiger partial charge is 0.238 e. The van der Waals surface area contributed by atoms with Crippen LogP contribution in [0.3, 0.4) is 0 Å². The molecule has 0 bridgehead atoms. The van der Waals surface area contributed by atoms with E-state index in [4.69, 9.17) is 0 Å². The first-order valence-electron chi connectivity index (χ1n) is 8.22. The van der Waals surface area contributed by atoms with Crippen LogP contribution in [0.5, 0.6) is 0 Å². The highest BCUT2D eigenvalue weighted by Crippen LogP contribution is 2.17. The number of carbonyl (C=O) groups is 1. The van der Waals surface area contributed by atoms with Gasteiger partial charge in [-0.3, -0.25) is 4.79 Å². The lowest BCUT2D eigenvalue weighted by molar-refractivity contribution is -0.121. The van der Waals surface area contributed by atoms with Gasteiger partial charge in [-0.15, -0.1) is 0 Å². The lowest BCUT2D eigenvalue weighted by Gasteiger charge is -2.19. The molecule has 2 aromatic rings. The molecule has 0 unspecified atom stereocenters. The molecule has 5 heteroatoms. The zero-order valence-corrected chi connectivity index (χ0v) is 15.4. The Balaban J connectivity index is 2.04. The summed E-state index contributed by atoms with van der Waals surface area (Å²) in [6, 6.07) is 14.2. The van der Waals surface area contributed by atoms with Crippen molar-refractivity contribution in [3.63, 3.8) is 0 Å². The molecule has 4 nitrogen and oxygen atoms in total. The molecule has 0 aliphatic rings. The van der Waals surface area contributed by atoms with Gasteiger partial charge in [0.15, 0.2) is 9.84 Å². The third-order valence-electron chi connectivity index (χ3n) is 4.26. The van der Waals surface area contributed by atoms with Crippen LogP contribution in [0, 0.1) is 0 Å². The van der Waals surface area contributed by atoms with Crippen molar-refractivity contribution in [2.24, 2.45) is 0 Å². The minimum atomic E-state index is -3.44. The lowest BCUT2D eigenvalue weighted by atomic mass is 10.0. The van der Waals surface area contributed by atoms with Gasteiger partial charge in [0.05, 0.1) is 5.25 Å². The number of amides is 1. The Morgan fingerprint density at radius 3 is 2.25 bits per heavy atom. The standard InChI is InChI=1S/C19H25NO3S/c1-13(2)24(22,23)15(4)19(21)20-14(3)11-16-9-10-17-7-5-6-8-18(17)12-16/h5-10,12-15H,11H2,1-4H3,(H,20,21)/t14-,15+/m0/s1. The molecule has 2 atom stereocenters. The van der Waals surface area contributed by atoms with Gasteiger partial charge in [0.1, 0.15) is 5.25 Å². The fourth-order valence-electron chi connectivity index (χ4n) is 2.69. The molecule has 2 aromatic carbocycles. The zero-order chi connectivity index (χ0) is 17.9. The average Bonchev–Trinajstić information content (AvgIpc) is 2.53. The van der Waals surface area contributed by atoms with Gasteiger partial charge in [0.25, 0.3) is 0 Å². The summed E-state index contributed by atoms with van der Waals surface area (Å²) in [5.41, 5.74) is 1.11. The van der Waals surface area contributed by atoms with Gasteiger partial charge in [-0.2, -0.15) is 0 Å². The summed E-state index contributed by atoms with van der Waals surface area (Å²) >= 11 is 0. The molecule has 2 rings (SSSR count). The normalized spacial score (nSPS) is 14.5. The van der Waals surface area contributed by atoms with Gasteiger partial charge in [-0.1, -0.05) is 42.5 Å². The van der Waals surface area contributed by atoms with Crippen LogP contribution < -0.4 is 5.32 Å². The van der Waals surface area contributed by atoms with Gasteiger partial charge in [0.2, 0.25) is 5.91 Å². The molecule has 0 saturated carbocycles. The largest absolute Gasteiger partial charge is 0.352 e. The van der Waals surface area contributed by atoms with Crippen LogP contribution in [0.25, 0.3) is 10.8 Å². The second-order valence-corrected chi connectivity index (χ2v) is 9.40. The Kier molecular flexibility index (Phi) is 5.65. The Bertz CT molecular complexity index is 827. The van der Waals surface area contributed by atoms with Crippen molar-refractivity contribution in [2.45, 2.75) is 50.7 Å². The maximum atomic E-state index is 12.2. The maximum absolute atomic E-state index is 12.2. The van der Waals surface area contributed by atoms with Crippen LogP contribution in [0.2, 0.25) is 0 Å². The van der Waals surface area contributed by atoms with Gasteiger partial charge in [-0.25, -0.2) is 8.42 Å². The molecule has 0 fully saturated rings. The van der Waals surface area contributed by atoms with Gasteiger partial charge < -0.3 is 5.32 Å². The SMILES string of the molecule is CC(C)S(=O)(=O)[C@H](C)C(=O)N[C@@H](C)Cc1ccc2ccccc2c1. The van der Waals surface area contributed by atoms with E-state index in [9.17, 15) is 13.2 Å². The fraction of sp³-hybridized carbons (Fsp3) is 0.421. The van der Waals surface area contributed by atoms with Crippen molar-refractivity contribution in [1.82, 2.24) is 5.32 Å². The molecule has 130 valence electrons. The molecular formula is C19H25NO3S. The Hall–Kier alpha value is -1.88. The van der Waals surface area contributed by atoms with Crippen LogP contribution in [-0.4, -0.2) is 30.9 Å². The predicted molar refractivity (Wildman–Crippen MR) is 98.8 cm³/mol. The second-order valence-electron chi connectivity index (χ2n) is 6.58. The molecule has 24 heavy (non-hydrogen) atoms. The minimum Gasteiger partial charge on any atom is -0.352 e. The maximum Gasteiger partial charge on any atom is 0.238 e. The minimum absolute atomic E-state index is 0.136. The van der Waals surface area contributed by atoms with Crippen molar-refractivity contribution in [3.05, 3.63) is 48.0 Å². The van der Waals surface area contributed by atoms with Crippen molar-refractivity contribution in [3.8, 4) is 0 Å². The van der Waals surface area contributed by atoms with Crippen molar-refractivity contribution in [1.29, 1.82) is 0 Å². The number of sulfone groups is 1. The fourth-order valence-corrected chi connectivity index (χ4v) is 3.87. The molecule has 0 heterocycles. The third-order valence-corrected chi connectivity index (χ3v) is 6.78. The molecule has 1 amide bonds. The first-order chi connectivity index (χ1) is 11.2. The average molecular weight is 347 g/mol. The molecular weight excluding hydrogens is 322 g/mol. The predicted octanol–water partition coefficient (Wildman–Crippen LogP) is 3.10. The number of nitrogens with one attached hydrogen (secondary N) is 1. The van der Waals surface area contributed by atoms with Crippen LogP contribution >= 0.6 is 0 Å². The second kappa shape index (κ2) is 7.34. The first-order valence-corrected chi connectivity index (χ1v) is 9.83. The molecule has 1 N–H and O–H groups in total. The molecule has 0 aliphatic carbocycles. The van der Waals surface area contributed by atoms with E-state index in [1.54, 1.807) is 13.8 Å². The lowest BCUT2D eigenvalue weighted by Crippen LogP contribution is -2.44. The zero-order valence-electron chi connectivity index (χ0n) is 14.6. The number of benzene rings is 2. The summed E-state index contributed by atoms with van der Waals surface area (Å²) in [6.45, 7) is 6.53. The van der Waals surface area contributed by atoms with E-state index in [0.29, 0.717) is 6.42 Å². The number of fused-ring (bicyclic) bond motifs is 1. The van der Waals surface area contributed by atoms with E-state index >= 15 is 0 Å². The monoisotopic (exact) mass is 347 g/mol. The summed E-state index contributed by atoms with van der Waals surface area (Å²) in [4.78, 5) is 12.2. The van der Waals surface area contributed by atoms with Crippen LogP contribution in [0.4, 0.5) is 0 Å². The third kappa shape index (κ3) is 4.15. The summed E-state index contributed by atoms with van der Waals surface area (Å²) < 4.78 is 24.2. The molecule has 0 radical (unpaired) electrons. The highest BCUT2D eigenvalue weighted by molar-refractivity contribution is 7.93. The van der Waals surface area contributed by atoms with Gasteiger partial charge >= 0.3 is 0 Å². The summed E-state index contributed by atoms with van der Waals surface area (Å²) in [5.74, 6) is -0.433. The highest BCUT2D eigenvalue weighted by Gasteiger charge is 2.31. The van der Waals surface area contributed by atoms with Crippen molar-refractivity contribution in [2.75, 3.05) is 0 Å². The number of carbonyl (C=O) groups excluding carboxylic acids is 1. The number of rotatable bonds is 6. The van der Waals surface area contributed by atoms with Crippen LogP contribution in [0.1, 0.15) is 33.3 Å². The number of hydrogen-bond acceptors (Lipinski definition) is 3. The summed E-state index contributed by atoms with van der Waals surface area (Å²) in [5, 5.41) is 3.56. The first kappa shape index (κ1) is 18.5. The van der Waals surface area contributed by atoms with Crippen LogP contribution in [0.15, 0.2) is 42.5 Å². The Morgan fingerprint density at radius 2 is 1.62 bits per heavy atom. The van der Waals surface area contributed by atoms with Crippen LogP contribution in [-0.2, 0) is 21.1 Å². The summed E-state index contributed by atoms with van der Waals surface area (Å²) in [7, 11) is -3.44. The van der Waals surface area contributed by atoms with E-state index in [1.165, 1.54) is 12.3 Å². The van der Waals surface area contributed by atoms with E-state index in [-0.39, 0.29) is 6.04 Å². The Labute approximate surface area is 144 Å².